The molecule has 0 saturated carbocycles. The van der Waals surface area contributed by atoms with Crippen LogP contribution in [-0.2, 0) is 4.74 Å². The van der Waals surface area contributed by atoms with E-state index in [0.717, 1.165) is 37.0 Å². The van der Waals surface area contributed by atoms with Crippen LogP contribution in [0.25, 0.3) is 0 Å². The Balaban J connectivity index is 1.70. The molecule has 1 aliphatic rings. The summed E-state index contributed by atoms with van der Waals surface area (Å²) in [4.78, 5) is 18.2. The lowest BCUT2D eigenvalue weighted by Crippen LogP contribution is -2.36. The molecule has 120 valence electrons. The number of hydrogen-bond donors (Lipinski definition) is 1. The standard InChI is InChI=1S/C16H15F2N3O2/c17-11-1-3-14(18)13(9-11)16(22)20-15-4-2-12(10-19-15)21-5-7-23-8-6-21/h1-4,9-10H,5-8H2,(H,19,20,22). The molecular formula is C16H15F2N3O2. The second kappa shape index (κ2) is 6.70. The van der Waals surface area contributed by atoms with Gasteiger partial charge in [0.2, 0.25) is 0 Å². The average molecular weight is 319 g/mol. The Labute approximate surface area is 131 Å². The Morgan fingerprint density at radius 3 is 2.65 bits per heavy atom. The molecule has 1 aromatic carbocycles. The normalized spacial score (nSPS) is 14.6. The Morgan fingerprint density at radius 1 is 1.17 bits per heavy atom. The van der Waals surface area contributed by atoms with Gasteiger partial charge in [0.1, 0.15) is 17.5 Å². The molecule has 1 fully saturated rings. The van der Waals surface area contributed by atoms with E-state index in [2.05, 4.69) is 15.2 Å². The fourth-order valence-corrected chi connectivity index (χ4v) is 2.32. The smallest absolute Gasteiger partial charge is 0.259 e. The predicted molar refractivity (Wildman–Crippen MR) is 81.6 cm³/mol. The summed E-state index contributed by atoms with van der Waals surface area (Å²) in [6.45, 7) is 2.89. The topological polar surface area (TPSA) is 54.5 Å². The fraction of sp³-hybridized carbons (Fsp3) is 0.250. The first-order valence-electron chi connectivity index (χ1n) is 7.18. The number of rotatable bonds is 3. The molecule has 0 aliphatic carbocycles. The summed E-state index contributed by atoms with van der Waals surface area (Å²) in [5.41, 5.74) is 0.562. The minimum Gasteiger partial charge on any atom is -0.378 e. The second-order valence-corrected chi connectivity index (χ2v) is 5.08. The fourth-order valence-electron chi connectivity index (χ4n) is 2.32. The molecule has 1 saturated heterocycles. The van der Waals surface area contributed by atoms with Gasteiger partial charge in [0, 0.05) is 13.1 Å². The van der Waals surface area contributed by atoms with Crippen LogP contribution >= 0.6 is 0 Å². The van der Waals surface area contributed by atoms with Crippen molar-refractivity contribution < 1.29 is 18.3 Å². The van der Waals surface area contributed by atoms with E-state index in [0.29, 0.717) is 13.2 Å². The highest BCUT2D eigenvalue weighted by molar-refractivity contribution is 6.03. The molecule has 0 bridgehead atoms. The first kappa shape index (κ1) is 15.4. The zero-order chi connectivity index (χ0) is 16.2. The Bertz CT molecular complexity index is 701. The van der Waals surface area contributed by atoms with Crippen LogP contribution in [0.4, 0.5) is 20.3 Å². The van der Waals surface area contributed by atoms with E-state index in [9.17, 15) is 13.6 Å². The molecule has 1 aliphatic heterocycles. The van der Waals surface area contributed by atoms with Crippen LogP contribution in [0.3, 0.4) is 0 Å². The zero-order valence-electron chi connectivity index (χ0n) is 12.3. The van der Waals surface area contributed by atoms with Gasteiger partial charge in [-0.25, -0.2) is 13.8 Å². The summed E-state index contributed by atoms with van der Waals surface area (Å²) in [5, 5.41) is 2.46. The monoisotopic (exact) mass is 319 g/mol. The number of carbonyl (C=O) groups excluding carboxylic acids is 1. The molecule has 1 aromatic heterocycles. The molecule has 0 atom stereocenters. The number of hydrogen-bond acceptors (Lipinski definition) is 4. The van der Waals surface area contributed by atoms with E-state index in [-0.39, 0.29) is 11.4 Å². The molecule has 1 N–H and O–H groups in total. The number of morpholine rings is 1. The van der Waals surface area contributed by atoms with Gasteiger partial charge >= 0.3 is 0 Å². The zero-order valence-corrected chi connectivity index (χ0v) is 12.3. The maximum Gasteiger partial charge on any atom is 0.259 e. The first-order chi connectivity index (χ1) is 11.1. The molecule has 2 heterocycles. The third-order valence-corrected chi connectivity index (χ3v) is 3.54. The molecule has 23 heavy (non-hydrogen) atoms. The van der Waals surface area contributed by atoms with Crippen LogP contribution in [0, 0.1) is 11.6 Å². The third-order valence-electron chi connectivity index (χ3n) is 3.54. The maximum atomic E-state index is 13.6. The van der Waals surface area contributed by atoms with Crippen LogP contribution in [0.1, 0.15) is 10.4 Å². The van der Waals surface area contributed by atoms with Gasteiger partial charge in [0.25, 0.3) is 5.91 Å². The van der Waals surface area contributed by atoms with E-state index in [1.54, 1.807) is 12.3 Å². The van der Waals surface area contributed by atoms with Gasteiger partial charge in [-0.15, -0.1) is 0 Å². The second-order valence-electron chi connectivity index (χ2n) is 5.08. The van der Waals surface area contributed by atoms with Gasteiger partial charge in [-0.2, -0.15) is 0 Å². The first-order valence-corrected chi connectivity index (χ1v) is 7.18. The number of pyridine rings is 1. The molecule has 0 spiro atoms. The van der Waals surface area contributed by atoms with E-state index < -0.39 is 17.5 Å². The van der Waals surface area contributed by atoms with Gasteiger partial charge in [0.05, 0.1) is 30.7 Å². The third kappa shape index (κ3) is 3.62. The molecule has 0 unspecified atom stereocenters. The SMILES string of the molecule is O=C(Nc1ccc(N2CCOCC2)cn1)c1cc(F)ccc1F. The highest BCUT2D eigenvalue weighted by atomic mass is 19.1. The largest absolute Gasteiger partial charge is 0.378 e. The Hall–Kier alpha value is -2.54. The lowest BCUT2D eigenvalue weighted by atomic mass is 10.2. The summed E-state index contributed by atoms with van der Waals surface area (Å²) >= 11 is 0. The number of amides is 1. The number of nitrogens with zero attached hydrogens (tertiary/aromatic N) is 2. The minimum absolute atomic E-state index is 0.274. The predicted octanol–water partition coefficient (Wildman–Crippen LogP) is 2.45. The summed E-state index contributed by atoms with van der Waals surface area (Å²) < 4.78 is 32.0. The molecular weight excluding hydrogens is 304 g/mol. The van der Waals surface area contributed by atoms with Crippen molar-refractivity contribution in [2.24, 2.45) is 0 Å². The van der Waals surface area contributed by atoms with Crippen LogP contribution in [0.5, 0.6) is 0 Å². The van der Waals surface area contributed by atoms with Gasteiger partial charge in [-0.1, -0.05) is 0 Å². The van der Waals surface area contributed by atoms with Crippen LogP contribution in [0.2, 0.25) is 0 Å². The van der Waals surface area contributed by atoms with E-state index in [4.69, 9.17) is 4.74 Å². The number of anilines is 2. The number of carbonyl (C=O) groups is 1. The molecule has 1 amide bonds. The van der Waals surface area contributed by atoms with Gasteiger partial charge in [-0.3, -0.25) is 4.79 Å². The molecule has 7 heteroatoms. The highest BCUT2D eigenvalue weighted by Gasteiger charge is 2.15. The van der Waals surface area contributed by atoms with Crippen molar-refractivity contribution in [2.75, 3.05) is 36.5 Å². The van der Waals surface area contributed by atoms with Crippen molar-refractivity contribution in [2.45, 2.75) is 0 Å². The van der Waals surface area contributed by atoms with E-state index >= 15 is 0 Å². The van der Waals surface area contributed by atoms with Gasteiger partial charge < -0.3 is 15.0 Å². The number of ether oxygens (including phenoxy) is 1. The highest BCUT2D eigenvalue weighted by Crippen LogP contribution is 2.17. The lowest BCUT2D eigenvalue weighted by molar-refractivity contribution is 0.102. The molecule has 0 radical (unpaired) electrons. The number of benzene rings is 1. The lowest BCUT2D eigenvalue weighted by Gasteiger charge is -2.28. The van der Waals surface area contributed by atoms with Crippen molar-refractivity contribution in [3.8, 4) is 0 Å². The number of aromatic nitrogens is 1. The number of halogens is 2. The number of nitrogens with one attached hydrogen (secondary N) is 1. The summed E-state index contributed by atoms with van der Waals surface area (Å²) in [6, 6.07) is 6.17. The van der Waals surface area contributed by atoms with Crippen molar-refractivity contribution in [1.29, 1.82) is 0 Å². The average Bonchev–Trinajstić information content (AvgIpc) is 2.58. The summed E-state index contributed by atoms with van der Waals surface area (Å²) in [6.07, 6.45) is 1.63. The van der Waals surface area contributed by atoms with Crippen molar-refractivity contribution in [3.05, 3.63) is 53.7 Å². The van der Waals surface area contributed by atoms with Crippen LogP contribution in [-0.4, -0.2) is 37.2 Å². The molecule has 5 nitrogen and oxygen atoms in total. The van der Waals surface area contributed by atoms with Crippen molar-refractivity contribution in [1.82, 2.24) is 4.98 Å². The minimum atomic E-state index is -0.783. The van der Waals surface area contributed by atoms with Crippen molar-refractivity contribution >= 4 is 17.4 Å². The van der Waals surface area contributed by atoms with Gasteiger partial charge in [-0.05, 0) is 30.3 Å². The van der Waals surface area contributed by atoms with E-state index in [1.165, 1.54) is 0 Å². The maximum absolute atomic E-state index is 13.6. The summed E-state index contributed by atoms with van der Waals surface area (Å²) in [7, 11) is 0. The Morgan fingerprint density at radius 2 is 1.96 bits per heavy atom. The van der Waals surface area contributed by atoms with Gasteiger partial charge in [0.15, 0.2) is 0 Å². The van der Waals surface area contributed by atoms with Crippen molar-refractivity contribution in [3.63, 3.8) is 0 Å². The van der Waals surface area contributed by atoms with Crippen LogP contribution in [0.15, 0.2) is 36.5 Å². The molecule has 2 aromatic rings. The quantitative estimate of drug-likeness (QED) is 0.944. The Kier molecular flexibility index (Phi) is 4.47. The summed E-state index contributed by atoms with van der Waals surface area (Å²) in [5.74, 6) is -1.93. The van der Waals surface area contributed by atoms with E-state index in [1.807, 2.05) is 6.07 Å². The van der Waals surface area contributed by atoms with Crippen LogP contribution < -0.4 is 10.2 Å². The molecule has 3 rings (SSSR count).